The van der Waals surface area contributed by atoms with Crippen molar-refractivity contribution in [2.24, 2.45) is 0 Å². The number of H-pyrrole nitrogens is 2. The molecule has 4 aromatic rings. The molecule has 3 heterocycles. The van der Waals surface area contributed by atoms with Crippen LogP contribution in [0.4, 0.5) is 13.2 Å². The van der Waals surface area contributed by atoms with Crippen molar-refractivity contribution >= 4 is 34.1 Å². The molecule has 0 saturated heterocycles. The summed E-state index contributed by atoms with van der Waals surface area (Å²) >= 11 is 3.88. The number of ether oxygens (including phenoxy) is 2. The Labute approximate surface area is 257 Å². The number of benzene rings is 2. The molecule has 0 bridgehead atoms. The van der Waals surface area contributed by atoms with Crippen LogP contribution >= 0.6 is 12.6 Å². The van der Waals surface area contributed by atoms with Gasteiger partial charge in [-0.2, -0.15) is 4.39 Å². The highest BCUT2D eigenvalue weighted by Crippen LogP contribution is 2.49. The van der Waals surface area contributed by atoms with Crippen LogP contribution in [0.2, 0.25) is 0 Å². The molecule has 0 aliphatic carbocycles. The quantitative estimate of drug-likeness (QED) is 0.0526. The molecule has 2 aromatic carbocycles. The summed E-state index contributed by atoms with van der Waals surface area (Å²) in [5.74, 6) is -4.48. The highest BCUT2D eigenvalue weighted by Gasteiger charge is 2.53. The van der Waals surface area contributed by atoms with Crippen LogP contribution in [0.1, 0.15) is 34.5 Å². The van der Waals surface area contributed by atoms with Crippen LogP contribution in [0, 0.1) is 12.7 Å². The fourth-order valence-electron chi connectivity index (χ4n) is 5.24. The molecule has 0 amide bonds. The molecule has 0 fully saturated rings. The lowest BCUT2D eigenvalue weighted by Gasteiger charge is -2.45. The second-order valence-electron chi connectivity index (χ2n) is 10.2. The van der Waals surface area contributed by atoms with E-state index in [-0.39, 0.29) is 35.9 Å². The Morgan fingerprint density at radius 1 is 1.16 bits per heavy atom. The van der Waals surface area contributed by atoms with E-state index in [4.69, 9.17) is 25.2 Å². The minimum Gasteiger partial charge on any atom is -0.493 e. The number of aliphatic hydroxyl groups is 4. The Morgan fingerprint density at radius 2 is 1.91 bits per heavy atom. The summed E-state index contributed by atoms with van der Waals surface area (Å²) in [5.41, 5.74) is -7.49. The molecule has 6 N–H and O–H groups in total. The van der Waals surface area contributed by atoms with Crippen LogP contribution < -0.4 is 9.47 Å². The van der Waals surface area contributed by atoms with Crippen LogP contribution in [0.25, 0.3) is 17.2 Å². The number of rotatable bonds is 8. The van der Waals surface area contributed by atoms with E-state index in [1.807, 2.05) is 0 Å². The lowest BCUT2D eigenvalue weighted by molar-refractivity contribution is -0.140. The second-order valence-corrected chi connectivity index (χ2v) is 10.4. The molecule has 0 saturated carbocycles. The van der Waals surface area contributed by atoms with E-state index in [0.717, 1.165) is 41.4 Å². The normalized spacial score (nSPS) is 18.0. The number of thiol groups is 1. The average molecular weight is 621 g/mol. The highest BCUT2D eigenvalue weighted by atomic mass is 32.1. The smallest absolute Gasteiger partial charge is 0.203 e. The molecule has 1 atom stereocenters. The SMILES string of the molecule is [B]C(O)(O)c1cc[nH]c1/C(F)=C(F)\C(=C\S)Oc1ccc(F)c(-c2ncc(C3(C([B])(O)O)CCOc4c(C)cccc43)[nH]2)c1. The van der Waals surface area contributed by atoms with Crippen molar-refractivity contribution in [2.45, 2.75) is 30.1 Å². The number of halogens is 3. The topological polar surface area (TPSA) is 144 Å². The first-order valence-electron chi connectivity index (χ1n) is 13.0. The van der Waals surface area contributed by atoms with E-state index in [1.54, 1.807) is 25.1 Å². The van der Waals surface area contributed by atoms with Crippen molar-refractivity contribution in [3.05, 3.63) is 106 Å². The third-order valence-electron chi connectivity index (χ3n) is 7.37. The van der Waals surface area contributed by atoms with Gasteiger partial charge in [-0.15, -0.1) is 12.6 Å². The average Bonchev–Trinajstić information content (AvgIpc) is 3.66. The summed E-state index contributed by atoms with van der Waals surface area (Å²) in [5, 5.41) is 41.8. The van der Waals surface area contributed by atoms with E-state index < -0.39 is 51.3 Å². The summed E-state index contributed by atoms with van der Waals surface area (Å²) in [7, 11) is 11.1. The molecule has 15 heteroatoms. The zero-order valence-corrected chi connectivity index (χ0v) is 23.9. The summed E-state index contributed by atoms with van der Waals surface area (Å²) in [4.78, 5) is 9.50. The number of nitrogens with one attached hydrogen (secondary N) is 2. The zero-order valence-electron chi connectivity index (χ0n) is 23.0. The number of allylic oxidation sites excluding steroid dienone is 1. The Morgan fingerprint density at radius 3 is 2.59 bits per heavy atom. The summed E-state index contributed by atoms with van der Waals surface area (Å²) in [6.07, 6.45) is 2.44. The predicted molar refractivity (Wildman–Crippen MR) is 158 cm³/mol. The lowest BCUT2D eigenvalue weighted by Crippen LogP contribution is -2.55. The van der Waals surface area contributed by atoms with Crippen molar-refractivity contribution < 1.29 is 43.1 Å². The van der Waals surface area contributed by atoms with Crippen LogP contribution in [0.15, 0.2) is 71.9 Å². The maximum atomic E-state index is 15.2. The van der Waals surface area contributed by atoms with E-state index in [9.17, 15) is 20.4 Å². The van der Waals surface area contributed by atoms with Gasteiger partial charge in [-0.05, 0) is 36.8 Å². The number of hydrogen-bond donors (Lipinski definition) is 7. The molecule has 4 radical (unpaired) electrons. The molecular weight excluding hydrogens is 597 g/mol. The summed E-state index contributed by atoms with van der Waals surface area (Å²) in [6.45, 7) is 1.88. The number of fused-ring (bicyclic) bond motifs is 1. The summed E-state index contributed by atoms with van der Waals surface area (Å²) < 4.78 is 56.6. The third kappa shape index (κ3) is 5.46. The van der Waals surface area contributed by atoms with Gasteiger partial charge in [-0.25, -0.2) is 13.8 Å². The van der Waals surface area contributed by atoms with Crippen LogP contribution in [-0.4, -0.2) is 63.4 Å². The van der Waals surface area contributed by atoms with Crippen molar-refractivity contribution in [3.63, 3.8) is 0 Å². The standard InChI is InChI=1S/C29H24B2F3N3O6S/c1-14-3-2-4-18-25(14)42-10-8-27(18,29(31,40)41)21-12-36-26(37-21)16-11-15(5-6-19(16)32)43-20(13-44)22(33)23(34)24-17(7-9-35-24)28(30,38)39/h2-7,9,11-13,35,38-41,44H,8,10H2,1H3,(H,36,37)/b20-13-,23-22-. The first kappa shape index (κ1) is 31.5. The number of hydrogen-bond acceptors (Lipinski definition) is 8. The van der Waals surface area contributed by atoms with Gasteiger partial charge >= 0.3 is 0 Å². The minimum absolute atomic E-state index is 0.0356. The largest absolute Gasteiger partial charge is 0.493 e. The summed E-state index contributed by atoms with van der Waals surface area (Å²) in [6, 6.07) is 9.48. The first-order valence-corrected chi connectivity index (χ1v) is 13.5. The Kier molecular flexibility index (Phi) is 8.29. The third-order valence-corrected chi connectivity index (χ3v) is 7.60. The first-order chi connectivity index (χ1) is 20.7. The zero-order chi connectivity index (χ0) is 32.0. The van der Waals surface area contributed by atoms with Gasteiger partial charge in [0.25, 0.3) is 0 Å². The number of imidazole rings is 1. The number of nitrogens with zero attached hydrogens (tertiary/aromatic N) is 1. The molecule has 1 aliphatic rings. The molecule has 44 heavy (non-hydrogen) atoms. The van der Waals surface area contributed by atoms with Crippen molar-refractivity contribution in [1.82, 2.24) is 15.0 Å². The van der Waals surface area contributed by atoms with Gasteiger partial charge < -0.3 is 39.9 Å². The second kappa shape index (κ2) is 11.6. The molecule has 5 rings (SSSR count). The fourth-order valence-corrected chi connectivity index (χ4v) is 5.40. The molecule has 1 unspecified atom stereocenters. The molecule has 2 aromatic heterocycles. The van der Waals surface area contributed by atoms with Gasteiger partial charge in [0.1, 0.15) is 34.5 Å². The number of para-hydroxylation sites is 1. The van der Waals surface area contributed by atoms with Gasteiger partial charge in [0.05, 0.1) is 29.0 Å². The minimum atomic E-state index is -2.97. The van der Waals surface area contributed by atoms with Gasteiger partial charge in [0.15, 0.2) is 27.3 Å². The van der Waals surface area contributed by atoms with Gasteiger partial charge in [-0.1, -0.05) is 18.2 Å². The molecular formula is C29H24B2F3N3O6S. The van der Waals surface area contributed by atoms with E-state index in [2.05, 4.69) is 27.6 Å². The maximum Gasteiger partial charge on any atom is 0.203 e. The van der Waals surface area contributed by atoms with Crippen LogP contribution in [-0.2, 0) is 11.1 Å². The highest BCUT2D eigenvalue weighted by molar-refractivity contribution is 7.83. The van der Waals surface area contributed by atoms with Crippen molar-refractivity contribution in [3.8, 4) is 22.9 Å². The maximum absolute atomic E-state index is 15.2. The van der Waals surface area contributed by atoms with E-state index in [1.165, 1.54) is 6.20 Å². The number of aromatic nitrogens is 3. The van der Waals surface area contributed by atoms with Gasteiger partial charge in [0.2, 0.25) is 5.83 Å². The van der Waals surface area contributed by atoms with Crippen molar-refractivity contribution in [2.75, 3.05) is 6.61 Å². The van der Waals surface area contributed by atoms with Crippen molar-refractivity contribution in [1.29, 1.82) is 0 Å². The van der Waals surface area contributed by atoms with E-state index >= 15 is 13.2 Å². The lowest BCUT2D eigenvalue weighted by atomic mass is 9.60. The predicted octanol–water partition coefficient (Wildman–Crippen LogP) is 3.45. The Bertz CT molecular complexity index is 1780. The van der Waals surface area contributed by atoms with Crippen LogP contribution in [0.3, 0.4) is 0 Å². The number of aryl methyl sites for hydroxylation is 1. The van der Waals surface area contributed by atoms with Gasteiger partial charge in [-0.3, -0.25) is 0 Å². The fraction of sp³-hybridized carbons (Fsp3) is 0.207. The Hall–Kier alpha value is -3.88. The molecule has 9 nitrogen and oxygen atoms in total. The monoisotopic (exact) mass is 621 g/mol. The van der Waals surface area contributed by atoms with Crippen LogP contribution in [0.5, 0.6) is 11.5 Å². The van der Waals surface area contributed by atoms with Gasteiger partial charge in [0, 0.05) is 35.3 Å². The molecule has 1 aliphatic heterocycles. The number of aromatic amines is 2. The van der Waals surface area contributed by atoms with E-state index in [0.29, 0.717) is 11.3 Å². The molecule has 0 spiro atoms. The Balaban J connectivity index is 1.51. The molecule has 224 valence electrons.